The van der Waals surface area contributed by atoms with Crippen LogP contribution in [0.15, 0.2) is 4.99 Å². The second kappa shape index (κ2) is 5.47. The Hall–Kier alpha value is -0.610. The van der Waals surface area contributed by atoms with Crippen LogP contribution in [-0.2, 0) is 14.2 Å². The molecule has 1 atom stereocenters. The molecule has 2 aliphatic rings. The van der Waals surface area contributed by atoms with Gasteiger partial charge in [0.1, 0.15) is 19.4 Å². The monoisotopic (exact) mass is 213 g/mol. The van der Waals surface area contributed by atoms with Crippen molar-refractivity contribution >= 4 is 5.90 Å². The van der Waals surface area contributed by atoms with Gasteiger partial charge in [0.25, 0.3) is 0 Å². The fraction of sp³-hybridized carbons (Fsp3) is 0.909. The van der Waals surface area contributed by atoms with Crippen LogP contribution in [0.5, 0.6) is 0 Å². The Balaban J connectivity index is 1.75. The number of hydrogen-bond acceptors (Lipinski definition) is 4. The maximum atomic E-state index is 5.61. The number of rotatable bonds is 5. The molecule has 1 saturated carbocycles. The molecule has 15 heavy (non-hydrogen) atoms. The van der Waals surface area contributed by atoms with E-state index in [4.69, 9.17) is 14.2 Å². The van der Waals surface area contributed by atoms with E-state index in [1.807, 2.05) is 0 Å². The van der Waals surface area contributed by atoms with Crippen molar-refractivity contribution in [3.05, 3.63) is 0 Å². The van der Waals surface area contributed by atoms with Gasteiger partial charge in [-0.05, 0) is 12.8 Å². The van der Waals surface area contributed by atoms with E-state index >= 15 is 0 Å². The first-order chi connectivity index (χ1) is 7.40. The van der Waals surface area contributed by atoms with Gasteiger partial charge in [-0.2, -0.15) is 0 Å². The van der Waals surface area contributed by atoms with Crippen LogP contribution in [-0.4, -0.2) is 39.1 Å². The van der Waals surface area contributed by atoms with E-state index in [0.29, 0.717) is 25.9 Å². The Morgan fingerprint density at radius 1 is 1.40 bits per heavy atom. The molecule has 2 rings (SSSR count). The van der Waals surface area contributed by atoms with Crippen molar-refractivity contribution in [1.29, 1.82) is 0 Å². The molecule has 4 heteroatoms. The fourth-order valence-electron chi connectivity index (χ4n) is 2.18. The van der Waals surface area contributed by atoms with Gasteiger partial charge in [0.2, 0.25) is 0 Å². The van der Waals surface area contributed by atoms with Crippen LogP contribution in [0.4, 0.5) is 0 Å². The summed E-state index contributed by atoms with van der Waals surface area (Å²) in [6.45, 7) is 1.62. The van der Waals surface area contributed by atoms with E-state index in [2.05, 4.69) is 4.99 Å². The minimum Gasteiger partial charge on any atom is -0.478 e. The highest BCUT2D eigenvalue weighted by molar-refractivity contribution is 5.80. The lowest BCUT2D eigenvalue weighted by Gasteiger charge is -2.06. The molecule has 0 amide bonds. The van der Waals surface area contributed by atoms with Crippen LogP contribution in [0.2, 0.25) is 0 Å². The topological polar surface area (TPSA) is 40.0 Å². The van der Waals surface area contributed by atoms with Crippen molar-refractivity contribution in [2.24, 2.45) is 10.9 Å². The number of ether oxygens (including phenoxy) is 3. The summed E-state index contributed by atoms with van der Waals surface area (Å²) in [4.78, 5) is 4.56. The Kier molecular flexibility index (Phi) is 3.97. The van der Waals surface area contributed by atoms with Crippen LogP contribution in [0.3, 0.4) is 0 Å². The molecule has 86 valence electrons. The third-order valence-electron chi connectivity index (χ3n) is 2.95. The maximum Gasteiger partial charge on any atom is 0.186 e. The van der Waals surface area contributed by atoms with E-state index in [0.717, 1.165) is 5.90 Å². The van der Waals surface area contributed by atoms with Crippen LogP contribution in [0, 0.1) is 5.92 Å². The first kappa shape index (κ1) is 10.9. The summed E-state index contributed by atoms with van der Waals surface area (Å²) in [5.41, 5.74) is 0. The molecule has 0 unspecified atom stereocenters. The summed E-state index contributed by atoms with van der Waals surface area (Å²) in [5, 5.41) is 0. The Morgan fingerprint density at radius 2 is 2.20 bits per heavy atom. The minimum atomic E-state index is 0.177. The highest BCUT2D eigenvalue weighted by atomic mass is 16.7. The van der Waals surface area contributed by atoms with E-state index in [1.54, 1.807) is 7.11 Å². The Morgan fingerprint density at radius 3 is 2.93 bits per heavy atom. The second-order valence-corrected chi connectivity index (χ2v) is 4.19. The van der Waals surface area contributed by atoms with Gasteiger partial charge in [0.05, 0.1) is 6.61 Å². The van der Waals surface area contributed by atoms with Gasteiger partial charge in [0.15, 0.2) is 5.90 Å². The van der Waals surface area contributed by atoms with Gasteiger partial charge in [-0.1, -0.05) is 12.8 Å². The number of methoxy groups -OCH3 is 1. The number of hydrogen-bond donors (Lipinski definition) is 0. The van der Waals surface area contributed by atoms with Crippen molar-refractivity contribution < 1.29 is 14.2 Å². The molecule has 0 spiro atoms. The van der Waals surface area contributed by atoms with Crippen molar-refractivity contribution in [2.45, 2.75) is 31.7 Å². The second-order valence-electron chi connectivity index (χ2n) is 4.19. The van der Waals surface area contributed by atoms with E-state index in [9.17, 15) is 0 Å². The summed E-state index contributed by atoms with van der Waals surface area (Å²) in [6.07, 6.45) is 5.12. The molecule has 0 aromatic rings. The van der Waals surface area contributed by atoms with Crippen molar-refractivity contribution in [1.82, 2.24) is 0 Å². The van der Waals surface area contributed by atoms with E-state index in [1.165, 1.54) is 25.7 Å². The molecule has 1 aliphatic carbocycles. The molecular weight excluding hydrogens is 194 g/mol. The SMILES string of the molecule is COCOC[C@H]1COC(C2CCCC2)=N1. The molecule has 1 aliphatic heterocycles. The molecule has 0 radical (unpaired) electrons. The van der Waals surface area contributed by atoms with Crippen LogP contribution in [0.25, 0.3) is 0 Å². The third kappa shape index (κ3) is 2.92. The normalized spacial score (nSPS) is 26.7. The maximum absolute atomic E-state index is 5.61. The highest BCUT2D eigenvalue weighted by Crippen LogP contribution is 2.28. The Labute approximate surface area is 90.6 Å². The average Bonchev–Trinajstić information content (AvgIpc) is 2.87. The summed E-state index contributed by atoms with van der Waals surface area (Å²) in [5.74, 6) is 1.55. The van der Waals surface area contributed by atoms with E-state index < -0.39 is 0 Å². The Bertz CT molecular complexity index is 224. The molecule has 1 fully saturated rings. The highest BCUT2D eigenvalue weighted by Gasteiger charge is 2.28. The van der Waals surface area contributed by atoms with Crippen LogP contribution < -0.4 is 0 Å². The molecule has 0 aromatic carbocycles. The first-order valence-electron chi connectivity index (χ1n) is 5.67. The largest absolute Gasteiger partial charge is 0.478 e. The van der Waals surface area contributed by atoms with Gasteiger partial charge < -0.3 is 14.2 Å². The smallest absolute Gasteiger partial charge is 0.186 e. The van der Waals surface area contributed by atoms with Gasteiger partial charge in [-0.25, -0.2) is 4.99 Å². The molecule has 0 aromatic heterocycles. The zero-order chi connectivity index (χ0) is 10.5. The molecule has 0 saturated heterocycles. The van der Waals surface area contributed by atoms with Gasteiger partial charge in [-0.15, -0.1) is 0 Å². The lowest BCUT2D eigenvalue weighted by atomic mass is 10.1. The summed E-state index contributed by atoms with van der Waals surface area (Å²) in [6, 6.07) is 0.177. The standard InChI is InChI=1S/C11H19NO3/c1-13-8-14-6-10-7-15-11(12-10)9-4-2-3-5-9/h9-10H,2-8H2,1H3/t10-/m0/s1. The van der Waals surface area contributed by atoms with Crippen LogP contribution >= 0.6 is 0 Å². The minimum absolute atomic E-state index is 0.177. The van der Waals surface area contributed by atoms with Crippen LogP contribution in [0.1, 0.15) is 25.7 Å². The van der Waals surface area contributed by atoms with E-state index in [-0.39, 0.29) is 6.04 Å². The predicted octanol–water partition coefficient (Wildman–Crippen LogP) is 1.59. The lowest BCUT2D eigenvalue weighted by Crippen LogP contribution is -2.15. The van der Waals surface area contributed by atoms with Crippen molar-refractivity contribution in [3.63, 3.8) is 0 Å². The molecule has 1 heterocycles. The van der Waals surface area contributed by atoms with Crippen molar-refractivity contribution in [2.75, 3.05) is 27.1 Å². The van der Waals surface area contributed by atoms with Gasteiger partial charge >= 0.3 is 0 Å². The molecule has 0 N–H and O–H groups in total. The summed E-state index contributed by atoms with van der Waals surface area (Å²) >= 11 is 0. The fourth-order valence-corrected chi connectivity index (χ4v) is 2.18. The molecule has 0 bridgehead atoms. The predicted molar refractivity (Wildman–Crippen MR) is 57.0 cm³/mol. The third-order valence-corrected chi connectivity index (χ3v) is 2.95. The average molecular weight is 213 g/mol. The van der Waals surface area contributed by atoms with Gasteiger partial charge in [-0.3, -0.25) is 0 Å². The lowest BCUT2D eigenvalue weighted by molar-refractivity contribution is -0.0361. The number of nitrogens with zero attached hydrogens (tertiary/aromatic N) is 1. The summed E-state index contributed by atoms with van der Waals surface area (Å²) in [7, 11) is 1.62. The van der Waals surface area contributed by atoms with Crippen molar-refractivity contribution in [3.8, 4) is 0 Å². The molecule has 4 nitrogen and oxygen atoms in total. The number of aliphatic imine (C=N–C) groups is 1. The summed E-state index contributed by atoms with van der Waals surface area (Å²) < 4.78 is 15.7. The zero-order valence-corrected chi connectivity index (χ0v) is 9.28. The first-order valence-corrected chi connectivity index (χ1v) is 5.67. The quantitative estimate of drug-likeness (QED) is 0.514. The zero-order valence-electron chi connectivity index (χ0n) is 9.28. The molecular formula is C11H19NO3. The van der Waals surface area contributed by atoms with Gasteiger partial charge in [0, 0.05) is 13.0 Å².